The molecule has 1 fully saturated rings. The van der Waals surface area contributed by atoms with Crippen LogP contribution in [0.4, 0.5) is 8.78 Å². The number of piperidine rings is 1. The molecule has 144 valence electrons. The molecule has 0 atom stereocenters. The van der Waals surface area contributed by atoms with Crippen molar-refractivity contribution in [2.45, 2.75) is 96.3 Å². The van der Waals surface area contributed by atoms with Gasteiger partial charge in [0.15, 0.2) is 0 Å². The molecule has 1 heterocycles. The Bertz CT molecular complexity index is 275. The number of likely N-dealkylation sites (tertiary alicyclic amines) is 1. The minimum atomic E-state index is -2.69. The third-order valence-corrected chi connectivity index (χ3v) is 4.82. The lowest BCUT2D eigenvalue weighted by molar-refractivity contribution is -0.0629. The van der Waals surface area contributed by atoms with E-state index in [1.165, 1.54) is 90.3 Å². The lowest BCUT2D eigenvalue weighted by Gasteiger charge is -2.26. The summed E-state index contributed by atoms with van der Waals surface area (Å²) >= 11 is 0. The number of nitrogens with zero attached hydrogens (tertiary/aromatic N) is 1. The number of ether oxygens (including phenoxy) is 1. The third kappa shape index (κ3) is 14.2. The van der Waals surface area contributed by atoms with Crippen LogP contribution in [-0.4, -0.2) is 43.7 Å². The SMILES string of the molecule is CC(F)(F)COCCCCCCCCCCCCN1CCCCC1. The van der Waals surface area contributed by atoms with Crippen molar-refractivity contribution in [1.29, 1.82) is 0 Å². The lowest BCUT2D eigenvalue weighted by Crippen LogP contribution is -2.30. The van der Waals surface area contributed by atoms with Gasteiger partial charge in [-0.05, 0) is 45.3 Å². The summed E-state index contributed by atoms with van der Waals surface area (Å²) in [6.45, 7) is 4.90. The topological polar surface area (TPSA) is 12.5 Å². The largest absolute Gasteiger partial charge is 0.375 e. The Morgan fingerprint density at radius 1 is 0.750 bits per heavy atom. The van der Waals surface area contributed by atoms with Crippen LogP contribution in [-0.2, 0) is 4.74 Å². The van der Waals surface area contributed by atoms with E-state index in [1.807, 2.05) is 0 Å². The first-order valence-electron chi connectivity index (χ1n) is 10.3. The van der Waals surface area contributed by atoms with Crippen molar-refractivity contribution in [2.24, 2.45) is 0 Å². The molecular weight excluding hydrogens is 308 g/mol. The molecule has 0 aliphatic carbocycles. The number of unbranched alkanes of at least 4 members (excludes halogenated alkanes) is 9. The molecular formula is C20H39F2NO. The lowest BCUT2D eigenvalue weighted by atomic mass is 10.1. The Kier molecular flexibility index (Phi) is 12.7. The molecule has 0 bridgehead atoms. The molecule has 24 heavy (non-hydrogen) atoms. The molecule has 0 aromatic rings. The van der Waals surface area contributed by atoms with Crippen molar-refractivity contribution >= 4 is 0 Å². The van der Waals surface area contributed by atoms with Gasteiger partial charge in [-0.2, -0.15) is 0 Å². The second-order valence-electron chi connectivity index (χ2n) is 7.56. The van der Waals surface area contributed by atoms with Crippen molar-refractivity contribution in [1.82, 2.24) is 4.90 Å². The molecule has 0 N–H and O–H groups in total. The van der Waals surface area contributed by atoms with Gasteiger partial charge in [-0.3, -0.25) is 0 Å². The Morgan fingerprint density at radius 3 is 1.79 bits per heavy atom. The molecule has 4 heteroatoms. The van der Waals surface area contributed by atoms with Crippen LogP contribution in [0.2, 0.25) is 0 Å². The van der Waals surface area contributed by atoms with E-state index in [4.69, 9.17) is 4.74 Å². The van der Waals surface area contributed by atoms with Crippen LogP contribution in [0, 0.1) is 0 Å². The van der Waals surface area contributed by atoms with E-state index >= 15 is 0 Å². The van der Waals surface area contributed by atoms with Crippen LogP contribution in [0.15, 0.2) is 0 Å². The zero-order chi connectivity index (χ0) is 17.5. The highest BCUT2D eigenvalue weighted by Crippen LogP contribution is 2.14. The van der Waals surface area contributed by atoms with Gasteiger partial charge in [0.1, 0.15) is 6.61 Å². The molecule has 0 aromatic carbocycles. The maximum absolute atomic E-state index is 12.5. The predicted molar refractivity (Wildman–Crippen MR) is 97.9 cm³/mol. The number of alkyl halides is 2. The molecule has 2 nitrogen and oxygen atoms in total. The predicted octanol–water partition coefficient (Wildman–Crippen LogP) is 6.05. The van der Waals surface area contributed by atoms with Gasteiger partial charge < -0.3 is 9.64 Å². The number of rotatable bonds is 15. The Hall–Kier alpha value is -0.220. The molecule has 1 saturated heterocycles. The summed E-state index contributed by atoms with van der Waals surface area (Å²) in [7, 11) is 0. The van der Waals surface area contributed by atoms with Crippen LogP contribution in [0.5, 0.6) is 0 Å². The second kappa shape index (κ2) is 14.0. The quantitative estimate of drug-likeness (QED) is 0.335. The minimum Gasteiger partial charge on any atom is -0.375 e. The number of halogens is 2. The van der Waals surface area contributed by atoms with Gasteiger partial charge in [0.05, 0.1) is 0 Å². The van der Waals surface area contributed by atoms with Gasteiger partial charge in [-0.1, -0.05) is 57.8 Å². The first-order valence-corrected chi connectivity index (χ1v) is 10.3. The highest BCUT2D eigenvalue weighted by atomic mass is 19.3. The van der Waals surface area contributed by atoms with E-state index in [1.54, 1.807) is 0 Å². The van der Waals surface area contributed by atoms with E-state index in [2.05, 4.69) is 4.90 Å². The third-order valence-electron chi connectivity index (χ3n) is 4.82. The minimum absolute atomic E-state index is 0.440. The van der Waals surface area contributed by atoms with Crippen molar-refractivity contribution < 1.29 is 13.5 Å². The first kappa shape index (κ1) is 21.8. The van der Waals surface area contributed by atoms with Gasteiger partial charge in [-0.25, -0.2) is 8.78 Å². The van der Waals surface area contributed by atoms with Crippen LogP contribution in [0.3, 0.4) is 0 Å². The van der Waals surface area contributed by atoms with Crippen molar-refractivity contribution in [3.63, 3.8) is 0 Å². The Morgan fingerprint density at radius 2 is 1.25 bits per heavy atom. The molecule has 1 rings (SSSR count). The fraction of sp³-hybridized carbons (Fsp3) is 1.00. The molecule has 0 unspecified atom stereocenters. The van der Waals surface area contributed by atoms with Gasteiger partial charge >= 0.3 is 0 Å². The van der Waals surface area contributed by atoms with Gasteiger partial charge in [0, 0.05) is 13.5 Å². The zero-order valence-corrected chi connectivity index (χ0v) is 15.8. The fourth-order valence-corrected chi connectivity index (χ4v) is 3.39. The van der Waals surface area contributed by atoms with Crippen molar-refractivity contribution in [3.8, 4) is 0 Å². The summed E-state index contributed by atoms with van der Waals surface area (Å²) in [5.41, 5.74) is 0. The molecule has 0 saturated carbocycles. The summed E-state index contributed by atoms with van der Waals surface area (Å²) in [6.07, 6.45) is 16.9. The standard InChI is InChI=1S/C20H39F2NO/c1-20(21,22)19-24-18-14-9-7-5-3-2-4-6-8-11-15-23-16-12-10-13-17-23/h2-19H2,1H3. The molecule has 1 aliphatic heterocycles. The summed E-state index contributed by atoms with van der Waals surface area (Å²) in [5, 5.41) is 0. The summed E-state index contributed by atoms with van der Waals surface area (Å²) in [5.74, 6) is -2.69. The average molecular weight is 348 g/mol. The number of hydrogen-bond donors (Lipinski definition) is 0. The zero-order valence-electron chi connectivity index (χ0n) is 15.8. The normalized spacial score (nSPS) is 16.6. The summed E-state index contributed by atoms with van der Waals surface area (Å²) < 4.78 is 30.0. The van der Waals surface area contributed by atoms with Crippen LogP contribution in [0.1, 0.15) is 90.4 Å². The van der Waals surface area contributed by atoms with Crippen molar-refractivity contribution in [3.05, 3.63) is 0 Å². The van der Waals surface area contributed by atoms with Gasteiger partial charge in [0.2, 0.25) is 0 Å². The summed E-state index contributed by atoms with van der Waals surface area (Å²) in [6, 6.07) is 0. The monoisotopic (exact) mass is 347 g/mol. The summed E-state index contributed by atoms with van der Waals surface area (Å²) in [4.78, 5) is 2.63. The van der Waals surface area contributed by atoms with Crippen molar-refractivity contribution in [2.75, 3.05) is 32.8 Å². The smallest absolute Gasteiger partial charge is 0.268 e. The first-order chi connectivity index (χ1) is 11.6. The van der Waals surface area contributed by atoms with E-state index in [9.17, 15) is 8.78 Å². The van der Waals surface area contributed by atoms with Crippen LogP contribution < -0.4 is 0 Å². The van der Waals surface area contributed by atoms with Gasteiger partial charge in [0.25, 0.3) is 5.92 Å². The van der Waals surface area contributed by atoms with E-state index in [0.29, 0.717) is 6.61 Å². The molecule has 1 aliphatic rings. The maximum Gasteiger partial charge on any atom is 0.268 e. The highest BCUT2D eigenvalue weighted by molar-refractivity contribution is 4.64. The van der Waals surface area contributed by atoms with Crippen LogP contribution in [0.25, 0.3) is 0 Å². The Labute approximate surface area is 148 Å². The van der Waals surface area contributed by atoms with Crippen LogP contribution >= 0.6 is 0 Å². The van der Waals surface area contributed by atoms with E-state index in [-0.39, 0.29) is 0 Å². The van der Waals surface area contributed by atoms with E-state index < -0.39 is 12.5 Å². The molecule has 0 radical (unpaired) electrons. The maximum atomic E-state index is 12.5. The molecule has 0 aromatic heterocycles. The second-order valence-corrected chi connectivity index (χ2v) is 7.56. The fourth-order valence-electron chi connectivity index (χ4n) is 3.39. The highest BCUT2D eigenvalue weighted by Gasteiger charge is 2.20. The van der Waals surface area contributed by atoms with Gasteiger partial charge in [-0.15, -0.1) is 0 Å². The number of hydrogen-bond acceptors (Lipinski definition) is 2. The van der Waals surface area contributed by atoms with E-state index in [0.717, 1.165) is 19.8 Å². The molecule has 0 spiro atoms. The Balaban J connectivity index is 1.70. The molecule has 0 amide bonds. The average Bonchev–Trinajstić information content (AvgIpc) is 2.55.